The van der Waals surface area contributed by atoms with E-state index >= 15 is 0 Å². The third kappa shape index (κ3) is 6.95. The van der Waals surface area contributed by atoms with Gasteiger partial charge >= 0.3 is 6.03 Å². The maximum Gasteiger partial charge on any atom is 0.319 e. The van der Waals surface area contributed by atoms with E-state index in [0.29, 0.717) is 36.0 Å². The van der Waals surface area contributed by atoms with Crippen molar-refractivity contribution in [1.29, 1.82) is 0 Å². The molecule has 0 radical (unpaired) electrons. The number of anilines is 1. The molecule has 3 aromatic rings. The quantitative estimate of drug-likeness (QED) is 0.453. The number of carbonyl (C=O) groups is 2. The average Bonchev–Trinajstić information content (AvgIpc) is 3.24. The Morgan fingerprint density at radius 1 is 1.12 bits per heavy atom. The van der Waals surface area contributed by atoms with Crippen LogP contribution in [0.3, 0.4) is 0 Å². The lowest BCUT2D eigenvalue weighted by Crippen LogP contribution is -2.34. The van der Waals surface area contributed by atoms with Gasteiger partial charge in [-0.25, -0.2) is 4.79 Å². The molecule has 168 valence electrons. The fourth-order valence-corrected chi connectivity index (χ4v) is 3.01. The number of nitrogens with zero attached hydrogens (tertiary/aromatic N) is 4. The van der Waals surface area contributed by atoms with Crippen molar-refractivity contribution in [3.8, 4) is 5.75 Å². The molecule has 1 heterocycles. The number of carbonyl (C=O) groups excluding carboxylic acids is 2. The minimum Gasteiger partial charge on any atom is -0.497 e. The summed E-state index contributed by atoms with van der Waals surface area (Å²) < 4.78 is 5.20. The second kappa shape index (κ2) is 11.1. The van der Waals surface area contributed by atoms with Crippen LogP contribution in [0.25, 0.3) is 0 Å². The molecule has 0 aliphatic rings. The van der Waals surface area contributed by atoms with Crippen molar-refractivity contribution in [3.63, 3.8) is 0 Å². The van der Waals surface area contributed by atoms with Crippen molar-refractivity contribution in [1.82, 2.24) is 30.8 Å². The first-order chi connectivity index (χ1) is 15.4. The monoisotopic (exact) mass is 457 g/mol. The Labute approximate surface area is 190 Å². The van der Waals surface area contributed by atoms with Gasteiger partial charge in [-0.2, -0.15) is 4.80 Å². The van der Waals surface area contributed by atoms with Gasteiger partial charge in [-0.3, -0.25) is 4.79 Å². The zero-order valence-electron chi connectivity index (χ0n) is 17.7. The van der Waals surface area contributed by atoms with Crippen LogP contribution in [0.4, 0.5) is 10.5 Å². The van der Waals surface area contributed by atoms with Gasteiger partial charge in [-0.05, 0) is 47.2 Å². The summed E-state index contributed by atoms with van der Waals surface area (Å²) in [6, 6.07) is 13.3. The first-order valence-electron chi connectivity index (χ1n) is 9.91. The lowest BCUT2D eigenvalue weighted by molar-refractivity contribution is -0.119. The second-order valence-electron chi connectivity index (χ2n) is 6.94. The first-order valence-corrected chi connectivity index (χ1v) is 10.3. The normalized spacial score (nSPS) is 11.5. The first kappa shape index (κ1) is 23.0. The number of methoxy groups -OCH3 is 1. The number of ether oxygens (including phenoxy) is 1. The number of rotatable bonds is 9. The van der Waals surface area contributed by atoms with Crippen molar-refractivity contribution >= 4 is 29.2 Å². The molecule has 0 spiro atoms. The maximum absolute atomic E-state index is 12.6. The van der Waals surface area contributed by atoms with E-state index in [1.807, 2.05) is 24.3 Å². The number of hydrogen-bond acceptors (Lipinski definition) is 6. The topological polar surface area (TPSA) is 123 Å². The number of halogens is 1. The number of aromatic nitrogens is 4. The molecule has 2 aromatic carbocycles. The van der Waals surface area contributed by atoms with Gasteiger partial charge in [0.25, 0.3) is 0 Å². The smallest absolute Gasteiger partial charge is 0.319 e. The average molecular weight is 458 g/mol. The molecule has 0 bridgehead atoms. The zero-order chi connectivity index (χ0) is 22.9. The van der Waals surface area contributed by atoms with E-state index in [-0.39, 0.29) is 5.91 Å². The molecule has 10 nitrogen and oxygen atoms in total. The molecule has 3 amide bonds. The number of nitrogens with one attached hydrogen (secondary N) is 3. The van der Waals surface area contributed by atoms with E-state index in [2.05, 4.69) is 31.4 Å². The Morgan fingerprint density at radius 2 is 1.84 bits per heavy atom. The van der Waals surface area contributed by atoms with Crippen LogP contribution in [0.15, 0.2) is 48.5 Å². The van der Waals surface area contributed by atoms with Crippen molar-refractivity contribution in [2.45, 2.75) is 25.9 Å². The number of amides is 3. The van der Waals surface area contributed by atoms with Crippen molar-refractivity contribution in [2.24, 2.45) is 0 Å². The van der Waals surface area contributed by atoms with Gasteiger partial charge < -0.3 is 20.7 Å². The standard InChI is InChI=1S/C21H24ClN7O3/c1-14(30)23-11-12-29-27-20(26-28-29)19(13-15-3-9-18(32-2)10-4-15)25-21(31)24-17-7-5-16(22)6-8-17/h3-10,19H,11-13H2,1-2H3,(H,23,30)(H2,24,25,31). The number of tetrazole rings is 1. The molecule has 1 aromatic heterocycles. The molecule has 1 unspecified atom stereocenters. The fraction of sp³-hybridized carbons (Fsp3) is 0.286. The maximum atomic E-state index is 12.6. The van der Waals surface area contributed by atoms with Gasteiger partial charge in [0.1, 0.15) is 5.75 Å². The molecule has 3 rings (SSSR count). The summed E-state index contributed by atoms with van der Waals surface area (Å²) in [5.41, 5.74) is 1.55. The van der Waals surface area contributed by atoms with E-state index < -0.39 is 12.1 Å². The molecule has 0 saturated heterocycles. The molecule has 11 heteroatoms. The largest absolute Gasteiger partial charge is 0.497 e. The van der Waals surface area contributed by atoms with Gasteiger partial charge in [0, 0.05) is 30.6 Å². The van der Waals surface area contributed by atoms with E-state index in [1.165, 1.54) is 11.7 Å². The summed E-state index contributed by atoms with van der Waals surface area (Å²) in [6.07, 6.45) is 0.440. The van der Waals surface area contributed by atoms with Crippen LogP contribution >= 0.6 is 11.6 Å². The Bertz CT molecular complexity index is 1040. The number of urea groups is 1. The molecule has 0 aliphatic heterocycles. The summed E-state index contributed by atoms with van der Waals surface area (Å²) in [5.74, 6) is 0.957. The van der Waals surface area contributed by atoms with Crippen LogP contribution in [0.1, 0.15) is 24.4 Å². The zero-order valence-corrected chi connectivity index (χ0v) is 18.5. The highest BCUT2D eigenvalue weighted by molar-refractivity contribution is 6.30. The van der Waals surface area contributed by atoms with E-state index in [0.717, 1.165) is 11.3 Å². The summed E-state index contributed by atoms with van der Waals surface area (Å²) in [4.78, 5) is 25.0. The van der Waals surface area contributed by atoms with Crippen LogP contribution in [-0.4, -0.2) is 45.8 Å². The van der Waals surface area contributed by atoms with Crippen LogP contribution in [-0.2, 0) is 17.8 Å². The van der Waals surface area contributed by atoms with Crippen LogP contribution in [0, 0.1) is 0 Å². The predicted molar refractivity (Wildman–Crippen MR) is 120 cm³/mol. The van der Waals surface area contributed by atoms with Crippen molar-refractivity contribution < 1.29 is 14.3 Å². The molecule has 0 fully saturated rings. The lowest BCUT2D eigenvalue weighted by Gasteiger charge is -2.16. The Balaban J connectivity index is 1.72. The minimum atomic E-state index is -0.537. The van der Waals surface area contributed by atoms with Gasteiger partial charge in [-0.1, -0.05) is 23.7 Å². The van der Waals surface area contributed by atoms with Gasteiger partial charge in [0.05, 0.1) is 19.7 Å². The Hall–Kier alpha value is -3.66. The molecular formula is C21H24ClN7O3. The third-order valence-electron chi connectivity index (χ3n) is 4.47. The number of hydrogen-bond donors (Lipinski definition) is 3. The van der Waals surface area contributed by atoms with Crippen molar-refractivity contribution in [3.05, 3.63) is 64.9 Å². The van der Waals surface area contributed by atoms with Crippen LogP contribution in [0.2, 0.25) is 5.02 Å². The summed E-state index contributed by atoms with van der Waals surface area (Å²) in [7, 11) is 1.60. The second-order valence-corrected chi connectivity index (χ2v) is 7.37. The summed E-state index contributed by atoms with van der Waals surface area (Å²) in [6.45, 7) is 2.17. The third-order valence-corrected chi connectivity index (χ3v) is 4.72. The van der Waals surface area contributed by atoms with Gasteiger partial charge in [0.2, 0.25) is 5.91 Å². The Kier molecular flexibility index (Phi) is 7.98. The highest BCUT2D eigenvalue weighted by atomic mass is 35.5. The lowest BCUT2D eigenvalue weighted by atomic mass is 10.1. The molecule has 0 aliphatic carbocycles. The van der Waals surface area contributed by atoms with E-state index in [1.54, 1.807) is 31.4 Å². The molecule has 1 atom stereocenters. The van der Waals surface area contributed by atoms with Crippen molar-refractivity contribution in [2.75, 3.05) is 19.0 Å². The summed E-state index contributed by atoms with van der Waals surface area (Å²) >= 11 is 5.89. The highest BCUT2D eigenvalue weighted by Crippen LogP contribution is 2.19. The molecule has 3 N–H and O–H groups in total. The van der Waals surface area contributed by atoms with E-state index in [4.69, 9.17) is 16.3 Å². The molecule has 0 saturated carbocycles. The SMILES string of the molecule is COc1ccc(CC(NC(=O)Nc2ccc(Cl)cc2)c2nnn(CCNC(C)=O)n2)cc1. The molecular weight excluding hydrogens is 434 g/mol. The summed E-state index contributed by atoms with van der Waals surface area (Å²) in [5, 5.41) is 21.4. The van der Waals surface area contributed by atoms with Crippen LogP contribution < -0.4 is 20.7 Å². The van der Waals surface area contributed by atoms with Crippen LogP contribution in [0.5, 0.6) is 5.75 Å². The van der Waals surface area contributed by atoms with Gasteiger partial charge in [-0.15, -0.1) is 10.2 Å². The fourth-order valence-electron chi connectivity index (χ4n) is 2.88. The number of benzene rings is 2. The highest BCUT2D eigenvalue weighted by Gasteiger charge is 2.21. The molecule has 32 heavy (non-hydrogen) atoms. The minimum absolute atomic E-state index is 0.136. The van der Waals surface area contributed by atoms with E-state index in [9.17, 15) is 9.59 Å². The van der Waals surface area contributed by atoms with Gasteiger partial charge in [0.15, 0.2) is 5.82 Å². The predicted octanol–water partition coefficient (Wildman–Crippen LogP) is 2.58. The Morgan fingerprint density at radius 3 is 2.50 bits per heavy atom.